The van der Waals surface area contributed by atoms with Gasteiger partial charge in [0, 0.05) is 32.4 Å². The fourth-order valence-corrected chi connectivity index (χ4v) is 5.47. The molecule has 0 bridgehead atoms. The number of aryl methyl sites for hydroxylation is 3. The van der Waals surface area contributed by atoms with Crippen molar-refractivity contribution in [3.63, 3.8) is 0 Å². The fraction of sp³-hybridized carbons (Fsp3) is 0.400. The molecule has 1 saturated heterocycles. The van der Waals surface area contributed by atoms with Gasteiger partial charge in [0.2, 0.25) is 10.0 Å². The van der Waals surface area contributed by atoms with Crippen molar-refractivity contribution >= 4 is 21.9 Å². The van der Waals surface area contributed by atoms with Crippen LogP contribution in [0, 0.1) is 20.8 Å². The van der Waals surface area contributed by atoms with E-state index in [4.69, 9.17) is 4.74 Å². The Morgan fingerprint density at radius 3 is 2.24 bits per heavy atom. The van der Waals surface area contributed by atoms with E-state index in [1.165, 1.54) is 9.21 Å². The molecule has 0 atom stereocenters. The summed E-state index contributed by atoms with van der Waals surface area (Å²) in [6.45, 7) is 6.06. The lowest BCUT2D eigenvalue weighted by Gasteiger charge is -2.34. The Kier molecular flexibility index (Phi) is 6.09. The molecule has 0 unspecified atom stereocenters. The Labute approximate surface area is 170 Å². The molecule has 0 aliphatic carbocycles. The van der Waals surface area contributed by atoms with E-state index >= 15 is 0 Å². The number of ether oxygens (including phenoxy) is 1. The number of nitrogens with one attached hydrogen (secondary N) is 1. The molecule has 3 rings (SSSR count). The summed E-state index contributed by atoms with van der Waals surface area (Å²) in [7, 11) is -3.64. The van der Waals surface area contributed by atoms with Gasteiger partial charge in [-0.2, -0.15) is 4.31 Å². The van der Waals surface area contributed by atoms with Crippen molar-refractivity contribution < 1.29 is 22.7 Å². The number of aromatic nitrogens is 1. The summed E-state index contributed by atoms with van der Waals surface area (Å²) < 4.78 is 32.6. The lowest BCUT2D eigenvalue weighted by atomic mass is 10.1. The summed E-state index contributed by atoms with van der Waals surface area (Å²) >= 11 is 0. The monoisotopic (exact) mass is 419 g/mol. The van der Waals surface area contributed by atoms with Crippen molar-refractivity contribution in [2.45, 2.75) is 25.7 Å². The first-order valence-corrected chi connectivity index (χ1v) is 10.8. The normalized spacial score (nSPS) is 15.3. The summed E-state index contributed by atoms with van der Waals surface area (Å²) in [6, 6.07) is 6.94. The number of carbonyl (C=O) groups excluding carboxylic acids is 2. The van der Waals surface area contributed by atoms with Gasteiger partial charge in [-0.15, -0.1) is 0 Å². The predicted octanol–water partition coefficient (Wildman–Crippen LogP) is 1.63. The molecule has 1 aliphatic rings. The summed E-state index contributed by atoms with van der Waals surface area (Å²) in [5.74, 6) is -0.945. The highest BCUT2D eigenvalue weighted by molar-refractivity contribution is 7.89. The highest BCUT2D eigenvalue weighted by Crippen LogP contribution is 2.26. The van der Waals surface area contributed by atoms with Crippen molar-refractivity contribution in [3.8, 4) is 0 Å². The van der Waals surface area contributed by atoms with Crippen molar-refractivity contribution in [1.82, 2.24) is 14.2 Å². The quantitative estimate of drug-likeness (QED) is 0.743. The lowest BCUT2D eigenvalue weighted by Crippen LogP contribution is -2.51. The molecule has 0 spiro atoms. The second-order valence-corrected chi connectivity index (χ2v) is 9.05. The van der Waals surface area contributed by atoms with Crippen LogP contribution < -0.4 is 0 Å². The molecule has 1 aromatic carbocycles. The van der Waals surface area contributed by atoms with E-state index in [1.807, 2.05) is 19.1 Å². The molecule has 8 nitrogen and oxygen atoms in total. The van der Waals surface area contributed by atoms with Crippen molar-refractivity contribution in [3.05, 3.63) is 52.8 Å². The number of piperazine rings is 1. The van der Waals surface area contributed by atoms with Crippen LogP contribution in [0.2, 0.25) is 0 Å². The number of hydrogen-bond donors (Lipinski definition) is 1. The highest BCUT2D eigenvalue weighted by atomic mass is 32.2. The van der Waals surface area contributed by atoms with E-state index in [0.717, 1.165) is 16.7 Å². The van der Waals surface area contributed by atoms with E-state index in [9.17, 15) is 18.0 Å². The van der Waals surface area contributed by atoms with Gasteiger partial charge in [0.1, 0.15) is 5.69 Å². The third-order valence-electron chi connectivity index (χ3n) is 4.94. The van der Waals surface area contributed by atoms with Gasteiger partial charge in [0.25, 0.3) is 5.91 Å². The van der Waals surface area contributed by atoms with Crippen LogP contribution in [0.15, 0.2) is 35.4 Å². The van der Waals surface area contributed by atoms with E-state index in [0.29, 0.717) is 4.90 Å². The van der Waals surface area contributed by atoms with Gasteiger partial charge in [-0.05, 0) is 44.0 Å². The Balaban J connectivity index is 1.60. The number of carbonyl (C=O) groups is 2. The van der Waals surface area contributed by atoms with E-state index < -0.39 is 16.0 Å². The molecule has 2 heterocycles. The minimum Gasteiger partial charge on any atom is -0.451 e. The third-order valence-corrected chi connectivity index (χ3v) is 7.14. The Bertz CT molecular complexity index is 984. The summed E-state index contributed by atoms with van der Waals surface area (Å²) in [6.07, 6.45) is 1.59. The van der Waals surface area contributed by atoms with Gasteiger partial charge in [-0.25, -0.2) is 13.2 Å². The van der Waals surface area contributed by atoms with Gasteiger partial charge in [-0.1, -0.05) is 17.7 Å². The Morgan fingerprint density at radius 1 is 1.07 bits per heavy atom. The van der Waals surface area contributed by atoms with Crippen LogP contribution in [0.5, 0.6) is 0 Å². The predicted molar refractivity (Wildman–Crippen MR) is 107 cm³/mol. The zero-order valence-corrected chi connectivity index (χ0v) is 17.6. The third kappa shape index (κ3) is 4.51. The van der Waals surface area contributed by atoms with E-state index in [-0.39, 0.29) is 44.4 Å². The number of H-pyrrole nitrogens is 1. The van der Waals surface area contributed by atoms with Crippen LogP contribution >= 0.6 is 0 Å². The number of rotatable bonds is 5. The van der Waals surface area contributed by atoms with Crippen LogP contribution in [0.25, 0.3) is 0 Å². The molecule has 0 saturated carbocycles. The minimum absolute atomic E-state index is 0.200. The summed E-state index contributed by atoms with van der Waals surface area (Å²) in [4.78, 5) is 28.7. The van der Waals surface area contributed by atoms with Gasteiger partial charge in [-0.3, -0.25) is 4.79 Å². The van der Waals surface area contributed by atoms with E-state index in [2.05, 4.69) is 4.98 Å². The zero-order valence-electron chi connectivity index (χ0n) is 16.8. The first kappa shape index (κ1) is 21.1. The van der Waals surface area contributed by atoms with Gasteiger partial charge < -0.3 is 14.6 Å². The van der Waals surface area contributed by atoms with E-state index in [1.54, 1.807) is 32.2 Å². The maximum absolute atomic E-state index is 13.1. The summed E-state index contributed by atoms with van der Waals surface area (Å²) in [5.41, 5.74) is 2.73. The second-order valence-electron chi connectivity index (χ2n) is 7.17. The largest absolute Gasteiger partial charge is 0.451 e. The molecule has 2 aromatic rings. The maximum atomic E-state index is 13.1. The number of amides is 1. The molecule has 1 amide bonds. The summed E-state index contributed by atoms with van der Waals surface area (Å²) in [5, 5.41) is 0. The molecule has 9 heteroatoms. The number of hydrogen-bond acceptors (Lipinski definition) is 5. The average Bonchev–Trinajstić information content (AvgIpc) is 3.19. The molecular weight excluding hydrogens is 394 g/mol. The Hall–Kier alpha value is -2.65. The highest BCUT2D eigenvalue weighted by Gasteiger charge is 2.32. The minimum atomic E-state index is -3.64. The molecule has 0 radical (unpaired) electrons. The van der Waals surface area contributed by atoms with Gasteiger partial charge in [0.15, 0.2) is 6.61 Å². The number of aromatic amines is 1. The Morgan fingerprint density at radius 2 is 1.69 bits per heavy atom. The standard InChI is InChI=1S/C20H25N3O5S/c1-14-11-15(2)19(16(3)12-14)29(26,27)23-9-7-22(8-10-23)18(24)13-28-20(25)17-5-4-6-21-17/h4-6,11-12,21H,7-10,13H2,1-3H3. The van der Waals surface area contributed by atoms with Crippen molar-refractivity contribution in [1.29, 1.82) is 0 Å². The van der Waals surface area contributed by atoms with Gasteiger partial charge >= 0.3 is 5.97 Å². The molecule has 1 aromatic heterocycles. The SMILES string of the molecule is Cc1cc(C)c(S(=O)(=O)N2CCN(C(=O)COC(=O)c3ccc[nH]3)CC2)c(C)c1. The van der Waals surface area contributed by atoms with Crippen LogP contribution in [0.1, 0.15) is 27.2 Å². The smallest absolute Gasteiger partial charge is 0.355 e. The molecular formula is C20H25N3O5S. The molecule has 156 valence electrons. The molecule has 29 heavy (non-hydrogen) atoms. The van der Waals surface area contributed by atoms with Crippen molar-refractivity contribution in [2.24, 2.45) is 0 Å². The van der Waals surface area contributed by atoms with Crippen LogP contribution in [-0.2, 0) is 19.6 Å². The molecule has 1 aliphatic heterocycles. The van der Waals surface area contributed by atoms with Crippen LogP contribution in [0.3, 0.4) is 0 Å². The van der Waals surface area contributed by atoms with Gasteiger partial charge in [0.05, 0.1) is 4.90 Å². The second kappa shape index (κ2) is 8.38. The topological polar surface area (TPSA) is 99.8 Å². The number of esters is 1. The van der Waals surface area contributed by atoms with Crippen LogP contribution in [-0.4, -0.2) is 67.3 Å². The fourth-order valence-electron chi connectivity index (χ4n) is 3.63. The number of sulfonamides is 1. The number of nitrogens with zero attached hydrogens (tertiary/aromatic N) is 2. The first-order valence-electron chi connectivity index (χ1n) is 9.36. The lowest BCUT2D eigenvalue weighted by molar-refractivity contribution is -0.135. The first-order chi connectivity index (χ1) is 13.7. The maximum Gasteiger partial charge on any atom is 0.355 e. The number of benzene rings is 1. The molecule has 1 fully saturated rings. The van der Waals surface area contributed by atoms with Crippen molar-refractivity contribution in [2.75, 3.05) is 32.8 Å². The zero-order chi connectivity index (χ0) is 21.2. The molecule has 1 N–H and O–H groups in total. The van der Waals surface area contributed by atoms with Crippen LogP contribution in [0.4, 0.5) is 0 Å². The average molecular weight is 420 g/mol.